The number of ether oxygens (including phenoxy) is 1. The summed E-state index contributed by atoms with van der Waals surface area (Å²) in [6, 6.07) is 14.9. The first kappa shape index (κ1) is 20.7. The molecule has 0 bridgehead atoms. The average Bonchev–Trinajstić information content (AvgIpc) is 3.35. The van der Waals surface area contributed by atoms with E-state index in [-0.39, 0.29) is 18.6 Å². The highest BCUT2D eigenvalue weighted by molar-refractivity contribution is 5.86. The van der Waals surface area contributed by atoms with Crippen molar-refractivity contribution in [2.45, 2.75) is 31.3 Å². The van der Waals surface area contributed by atoms with E-state index in [1.165, 1.54) is 0 Å². The highest BCUT2D eigenvalue weighted by Crippen LogP contribution is 2.44. The molecular weight excluding hydrogens is 396 g/mol. The lowest BCUT2D eigenvalue weighted by Gasteiger charge is -2.19. The van der Waals surface area contributed by atoms with Crippen LogP contribution in [0, 0.1) is 5.92 Å². The number of hydrogen-bond donors (Lipinski definition) is 3. The fraction of sp³-hybridized carbons (Fsp3) is 0.292. The molecule has 0 spiro atoms. The molecule has 0 fully saturated rings. The minimum atomic E-state index is -0.919. The molecular formula is C24H24N2O5. The first-order valence-corrected chi connectivity index (χ1v) is 10.3. The Morgan fingerprint density at radius 2 is 1.65 bits per heavy atom. The first-order chi connectivity index (χ1) is 14.9. The van der Waals surface area contributed by atoms with Crippen LogP contribution in [0.3, 0.4) is 0 Å². The van der Waals surface area contributed by atoms with Gasteiger partial charge in [-0.1, -0.05) is 60.7 Å². The fourth-order valence-corrected chi connectivity index (χ4v) is 4.18. The van der Waals surface area contributed by atoms with E-state index in [2.05, 4.69) is 22.8 Å². The number of rotatable bonds is 6. The molecule has 0 aromatic heterocycles. The van der Waals surface area contributed by atoms with Crippen LogP contribution >= 0.6 is 0 Å². The van der Waals surface area contributed by atoms with Gasteiger partial charge in [-0.15, -0.1) is 0 Å². The Morgan fingerprint density at radius 3 is 2.23 bits per heavy atom. The van der Waals surface area contributed by atoms with Crippen LogP contribution in [-0.4, -0.2) is 41.8 Å². The molecule has 31 heavy (non-hydrogen) atoms. The van der Waals surface area contributed by atoms with Crippen LogP contribution in [0.15, 0.2) is 60.7 Å². The standard InChI is InChI=1S/C24H24N2O5/c1-14(22(27)26-16-11-10-15(12-16)23(28)29)25-24(30)31-13-21-19-8-4-2-6-17(19)18-7-3-5-9-20(18)21/h2-11,14-16,21H,12-13H2,1H3,(H,25,30)(H,26,27)(H,28,29)/t14-,15?,16?/m0/s1. The van der Waals surface area contributed by atoms with Gasteiger partial charge in [-0.3, -0.25) is 9.59 Å². The van der Waals surface area contributed by atoms with Crippen molar-refractivity contribution in [1.82, 2.24) is 10.6 Å². The third-order valence-electron chi connectivity index (χ3n) is 5.80. The Balaban J connectivity index is 1.31. The summed E-state index contributed by atoms with van der Waals surface area (Å²) in [4.78, 5) is 35.7. The number of carboxylic acids is 1. The zero-order valence-corrected chi connectivity index (χ0v) is 17.1. The number of aliphatic carboxylic acids is 1. The van der Waals surface area contributed by atoms with E-state index < -0.39 is 29.9 Å². The Hall–Kier alpha value is -3.61. The summed E-state index contributed by atoms with van der Waals surface area (Å²) in [7, 11) is 0. The molecule has 2 aliphatic rings. The van der Waals surface area contributed by atoms with Crippen molar-refractivity contribution < 1.29 is 24.2 Å². The highest BCUT2D eigenvalue weighted by Gasteiger charge is 2.30. The molecule has 3 atom stereocenters. The maximum Gasteiger partial charge on any atom is 0.407 e. The number of benzene rings is 2. The van der Waals surface area contributed by atoms with Gasteiger partial charge < -0.3 is 20.5 Å². The van der Waals surface area contributed by atoms with Gasteiger partial charge in [-0.25, -0.2) is 4.79 Å². The normalized spacial score (nSPS) is 19.9. The summed E-state index contributed by atoms with van der Waals surface area (Å²) in [6.45, 7) is 1.73. The maximum atomic E-state index is 12.3. The lowest BCUT2D eigenvalue weighted by atomic mass is 9.98. The van der Waals surface area contributed by atoms with Gasteiger partial charge in [-0.2, -0.15) is 0 Å². The molecule has 7 heteroatoms. The second kappa shape index (κ2) is 8.63. The third-order valence-corrected chi connectivity index (χ3v) is 5.80. The van der Waals surface area contributed by atoms with Gasteiger partial charge >= 0.3 is 12.1 Å². The second-order valence-electron chi connectivity index (χ2n) is 7.87. The highest BCUT2D eigenvalue weighted by atomic mass is 16.5. The number of amides is 2. The lowest BCUT2D eigenvalue weighted by molar-refractivity contribution is -0.140. The van der Waals surface area contributed by atoms with Gasteiger partial charge in [0.1, 0.15) is 12.6 Å². The number of fused-ring (bicyclic) bond motifs is 3. The van der Waals surface area contributed by atoms with Crippen molar-refractivity contribution in [1.29, 1.82) is 0 Å². The molecule has 2 amide bonds. The number of carboxylic acid groups (broad SMARTS) is 1. The molecule has 0 saturated carbocycles. The van der Waals surface area contributed by atoms with E-state index in [0.29, 0.717) is 6.42 Å². The zero-order valence-electron chi connectivity index (χ0n) is 17.1. The van der Waals surface area contributed by atoms with Crippen molar-refractivity contribution >= 4 is 18.0 Å². The molecule has 3 N–H and O–H groups in total. The number of alkyl carbamates (subject to hydrolysis) is 1. The topological polar surface area (TPSA) is 105 Å². The number of nitrogens with one attached hydrogen (secondary N) is 2. The molecule has 4 rings (SSSR count). The molecule has 2 unspecified atom stereocenters. The van der Waals surface area contributed by atoms with Gasteiger partial charge in [0.15, 0.2) is 0 Å². The Kier molecular flexibility index (Phi) is 5.75. The molecule has 0 radical (unpaired) electrons. The van der Waals surface area contributed by atoms with Crippen molar-refractivity contribution in [2.75, 3.05) is 6.61 Å². The smallest absolute Gasteiger partial charge is 0.407 e. The molecule has 0 saturated heterocycles. The van der Waals surface area contributed by atoms with Crippen LogP contribution in [0.4, 0.5) is 4.79 Å². The van der Waals surface area contributed by atoms with Gasteiger partial charge in [0.2, 0.25) is 5.91 Å². The summed E-state index contributed by atoms with van der Waals surface area (Å²) < 4.78 is 5.46. The molecule has 7 nitrogen and oxygen atoms in total. The van der Waals surface area contributed by atoms with Crippen LogP contribution in [0.25, 0.3) is 11.1 Å². The minimum absolute atomic E-state index is 0.0566. The van der Waals surface area contributed by atoms with Crippen LogP contribution in [0.5, 0.6) is 0 Å². The zero-order chi connectivity index (χ0) is 22.0. The summed E-state index contributed by atoms with van der Waals surface area (Å²) >= 11 is 0. The molecule has 2 aliphatic carbocycles. The van der Waals surface area contributed by atoms with Gasteiger partial charge in [0.05, 0.1) is 5.92 Å². The molecule has 0 heterocycles. The summed E-state index contributed by atoms with van der Waals surface area (Å²) in [5, 5.41) is 14.3. The fourth-order valence-electron chi connectivity index (χ4n) is 4.18. The minimum Gasteiger partial charge on any atom is -0.481 e. The quantitative estimate of drug-likeness (QED) is 0.623. The molecule has 2 aromatic carbocycles. The summed E-state index contributed by atoms with van der Waals surface area (Å²) in [5.41, 5.74) is 4.51. The largest absolute Gasteiger partial charge is 0.481 e. The number of carbonyl (C=O) groups excluding carboxylic acids is 2. The summed E-state index contributed by atoms with van der Waals surface area (Å²) in [6.07, 6.45) is 2.86. The Bertz CT molecular complexity index is 1000. The predicted molar refractivity (Wildman–Crippen MR) is 114 cm³/mol. The average molecular weight is 420 g/mol. The van der Waals surface area contributed by atoms with Crippen LogP contribution in [0.2, 0.25) is 0 Å². The van der Waals surface area contributed by atoms with E-state index in [9.17, 15) is 14.4 Å². The SMILES string of the molecule is C[C@H](NC(=O)OCC1c2ccccc2-c2ccccc21)C(=O)NC1C=CC(C(=O)O)C1. The van der Waals surface area contributed by atoms with Crippen LogP contribution in [0.1, 0.15) is 30.4 Å². The van der Waals surface area contributed by atoms with E-state index in [4.69, 9.17) is 9.84 Å². The Labute approximate surface area is 180 Å². The third kappa shape index (κ3) is 4.30. The number of hydrogen-bond acceptors (Lipinski definition) is 4. The first-order valence-electron chi connectivity index (χ1n) is 10.3. The van der Waals surface area contributed by atoms with Gasteiger partial charge in [0, 0.05) is 12.0 Å². The number of carbonyl (C=O) groups is 3. The maximum absolute atomic E-state index is 12.3. The van der Waals surface area contributed by atoms with Crippen molar-refractivity contribution in [2.24, 2.45) is 5.92 Å². The second-order valence-corrected chi connectivity index (χ2v) is 7.87. The van der Waals surface area contributed by atoms with E-state index >= 15 is 0 Å². The van der Waals surface area contributed by atoms with E-state index in [1.807, 2.05) is 36.4 Å². The molecule has 2 aromatic rings. The predicted octanol–water partition coefficient (Wildman–Crippen LogP) is 3.06. The summed E-state index contributed by atoms with van der Waals surface area (Å²) in [5.74, 6) is -1.97. The van der Waals surface area contributed by atoms with E-state index in [0.717, 1.165) is 22.3 Å². The van der Waals surface area contributed by atoms with Crippen LogP contribution in [-0.2, 0) is 14.3 Å². The van der Waals surface area contributed by atoms with Crippen molar-refractivity contribution in [3.8, 4) is 11.1 Å². The van der Waals surface area contributed by atoms with Gasteiger partial charge in [0.25, 0.3) is 0 Å². The Morgan fingerprint density at radius 1 is 1.03 bits per heavy atom. The van der Waals surface area contributed by atoms with Crippen LogP contribution < -0.4 is 10.6 Å². The molecule has 160 valence electrons. The van der Waals surface area contributed by atoms with Crippen molar-refractivity contribution in [3.05, 3.63) is 71.8 Å². The van der Waals surface area contributed by atoms with Gasteiger partial charge in [-0.05, 0) is 35.6 Å². The van der Waals surface area contributed by atoms with Crippen molar-refractivity contribution in [3.63, 3.8) is 0 Å². The van der Waals surface area contributed by atoms with E-state index in [1.54, 1.807) is 19.1 Å². The monoisotopic (exact) mass is 420 g/mol. The molecule has 0 aliphatic heterocycles. The lowest BCUT2D eigenvalue weighted by Crippen LogP contribution is -2.47.